The van der Waals surface area contributed by atoms with Gasteiger partial charge < -0.3 is 15.4 Å². The summed E-state index contributed by atoms with van der Waals surface area (Å²) in [7, 11) is 0. The summed E-state index contributed by atoms with van der Waals surface area (Å²) in [4.78, 5) is 24.4. The van der Waals surface area contributed by atoms with Crippen LogP contribution in [0.5, 0.6) is 0 Å². The van der Waals surface area contributed by atoms with Crippen molar-refractivity contribution < 1.29 is 14.3 Å². The molecule has 144 valence electrons. The van der Waals surface area contributed by atoms with Gasteiger partial charge in [-0.15, -0.1) is 0 Å². The fourth-order valence-corrected chi connectivity index (χ4v) is 2.59. The molecule has 1 amide bonds. The molecule has 0 unspecified atom stereocenters. The average molecular weight is 377 g/mol. The lowest BCUT2D eigenvalue weighted by atomic mass is 10.1. The number of nitrogens with zero attached hydrogens (tertiary/aromatic N) is 1. The first kappa shape index (κ1) is 20.7. The summed E-state index contributed by atoms with van der Waals surface area (Å²) >= 11 is 0. The van der Waals surface area contributed by atoms with E-state index in [4.69, 9.17) is 4.74 Å². The lowest BCUT2D eigenvalue weighted by molar-refractivity contribution is -0.112. The zero-order chi connectivity index (χ0) is 20.4. The third-order valence-corrected chi connectivity index (χ3v) is 4.08. The van der Waals surface area contributed by atoms with Gasteiger partial charge in [0.25, 0.3) is 5.91 Å². The maximum absolute atomic E-state index is 12.4. The maximum atomic E-state index is 12.4. The number of aryl methyl sites for hydroxylation is 1. The number of carbonyl (C=O) groups excluding carboxylic acids is 2. The Morgan fingerprint density at radius 1 is 1.14 bits per heavy atom. The van der Waals surface area contributed by atoms with Crippen molar-refractivity contribution in [2.45, 2.75) is 20.3 Å². The van der Waals surface area contributed by atoms with E-state index in [0.29, 0.717) is 12.2 Å². The number of hydrogen-bond acceptors (Lipinski definition) is 5. The van der Waals surface area contributed by atoms with Gasteiger partial charge in [0.1, 0.15) is 11.6 Å². The number of benzene rings is 2. The third-order valence-electron chi connectivity index (χ3n) is 4.08. The molecule has 28 heavy (non-hydrogen) atoms. The van der Waals surface area contributed by atoms with Crippen LogP contribution in [0.4, 0.5) is 5.69 Å². The Hall–Kier alpha value is -3.59. The monoisotopic (exact) mass is 377 g/mol. The number of nitrogens with one attached hydrogen (secondary N) is 2. The van der Waals surface area contributed by atoms with Crippen LogP contribution in [-0.2, 0) is 16.0 Å². The molecule has 0 bridgehead atoms. The van der Waals surface area contributed by atoms with Crippen molar-refractivity contribution >= 4 is 17.6 Å². The van der Waals surface area contributed by atoms with Gasteiger partial charge in [-0.3, -0.25) is 4.79 Å². The van der Waals surface area contributed by atoms with E-state index in [1.54, 1.807) is 31.2 Å². The van der Waals surface area contributed by atoms with E-state index in [1.165, 1.54) is 17.3 Å². The lowest BCUT2D eigenvalue weighted by Gasteiger charge is -2.10. The highest BCUT2D eigenvalue weighted by Gasteiger charge is 2.16. The molecule has 0 aromatic heterocycles. The molecule has 0 radical (unpaired) electrons. The molecule has 2 rings (SSSR count). The van der Waals surface area contributed by atoms with Crippen LogP contribution in [0.1, 0.15) is 28.4 Å². The van der Waals surface area contributed by atoms with Crippen LogP contribution in [0, 0.1) is 18.3 Å². The molecule has 0 saturated carbocycles. The third kappa shape index (κ3) is 5.71. The summed E-state index contributed by atoms with van der Waals surface area (Å²) in [6, 6.07) is 16.4. The first-order valence-electron chi connectivity index (χ1n) is 9.02. The predicted octanol–water partition coefficient (Wildman–Crippen LogP) is 3.35. The minimum Gasteiger partial charge on any atom is -0.462 e. The number of anilines is 1. The molecule has 0 aliphatic rings. The second kappa shape index (κ2) is 10.5. The number of hydrogen-bond donors (Lipinski definition) is 2. The standard InChI is InChI=1S/C22H23N3O3/c1-3-28-22(27)19-10-6-7-11-20(19)25-21(26)18(14-23)15-24-13-12-17-9-5-4-8-16(17)2/h4-11,15,24H,3,12-13H2,1-2H3,(H,25,26)/b18-15-. The molecule has 6 nitrogen and oxygen atoms in total. The summed E-state index contributed by atoms with van der Waals surface area (Å²) in [6.45, 7) is 4.57. The van der Waals surface area contributed by atoms with Crippen LogP contribution >= 0.6 is 0 Å². The quantitative estimate of drug-likeness (QED) is 0.319. The van der Waals surface area contributed by atoms with Crippen molar-refractivity contribution in [3.63, 3.8) is 0 Å². The Kier molecular flexibility index (Phi) is 7.79. The molecule has 2 aromatic carbocycles. The van der Waals surface area contributed by atoms with Gasteiger partial charge in [0, 0.05) is 12.7 Å². The number of carbonyl (C=O) groups is 2. The maximum Gasteiger partial charge on any atom is 0.340 e. The van der Waals surface area contributed by atoms with E-state index in [0.717, 1.165) is 6.42 Å². The molecule has 0 atom stereocenters. The topological polar surface area (TPSA) is 91.2 Å². The number of rotatable bonds is 8. The highest BCUT2D eigenvalue weighted by molar-refractivity contribution is 6.09. The van der Waals surface area contributed by atoms with E-state index in [9.17, 15) is 14.9 Å². The van der Waals surface area contributed by atoms with Crippen molar-refractivity contribution in [1.29, 1.82) is 5.26 Å². The molecule has 0 fully saturated rings. The van der Waals surface area contributed by atoms with Gasteiger partial charge >= 0.3 is 5.97 Å². The van der Waals surface area contributed by atoms with Crippen LogP contribution in [0.2, 0.25) is 0 Å². The van der Waals surface area contributed by atoms with Gasteiger partial charge in [0.15, 0.2) is 0 Å². The number of esters is 1. The number of para-hydroxylation sites is 1. The molecule has 0 aliphatic carbocycles. The smallest absolute Gasteiger partial charge is 0.340 e. The van der Waals surface area contributed by atoms with Crippen LogP contribution in [0.3, 0.4) is 0 Å². The molecule has 6 heteroatoms. The molecular weight excluding hydrogens is 354 g/mol. The van der Waals surface area contributed by atoms with Gasteiger partial charge in [0.2, 0.25) is 0 Å². The lowest BCUT2D eigenvalue weighted by Crippen LogP contribution is -2.19. The van der Waals surface area contributed by atoms with Gasteiger partial charge in [-0.25, -0.2) is 4.79 Å². The molecule has 0 saturated heterocycles. The Morgan fingerprint density at radius 2 is 1.86 bits per heavy atom. The first-order valence-corrected chi connectivity index (χ1v) is 9.02. The molecule has 2 aromatic rings. The second-order valence-corrected chi connectivity index (χ2v) is 6.02. The summed E-state index contributed by atoms with van der Waals surface area (Å²) in [6.07, 6.45) is 2.16. The summed E-state index contributed by atoms with van der Waals surface area (Å²) in [5.41, 5.74) is 2.86. The molecule has 0 aliphatic heterocycles. The van der Waals surface area contributed by atoms with E-state index in [-0.39, 0.29) is 17.7 Å². The Morgan fingerprint density at radius 3 is 2.57 bits per heavy atom. The van der Waals surface area contributed by atoms with E-state index >= 15 is 0 Å². The van der Waals surface area contributed by atoms with Crippen molar-refractivity contribution in [3.05, 3.63) is 77.0 Å². The fraction of sp³-hybridized carbons (Fsp3) is 0.227. The summed E-state index contributed by atoms with van der Waals surface area (Å²) < 4.78 is 4.99. The zero-order valence-electron chi connectivity index (χ0n) is 16.0. The Labute approximate surface area is 164 Å². The van der Waals surface area contributed by atoms with Crippen LogP contribution in [-0.4, -0.2) is 25.0 Å². The van der Waals surface area contributed by atoms with Crippen molar-refractivity contribution in [3.8, 4) is 6.07 Å². The van der Waals surface area contributed by atoms with Crippen LogP contribution in [0.15, 0.2) is 60.3 Å². The van der Waals surface area contributed by atoms with Crippen LogP contribution < -0.4 is 10.6 Å². The van der Waals surface area contributed by atoms with E-state index in [1.807, 2.05) is 37.3 Å². The average Bonchev–Trinajstić information content (AvgIpc) is 2.69. The minimum absolute atomic E-state index is 0.0801. The largest absolute Gasteiger partial charge is 0.462 e. The highest BCUT2D eigenvalue weighted by Crippen LogP contribution is 2.17. The summed E-state index contributed by atoms with van der Waals surface area (Å²) in [5, 5.41) is 14.9. The van der Waals surface area contributed by atoms with Crippen molar-refractivity contribution in [2.24, 2.45) is 0 Å². The van der Waals surface area contributed by atoms with Crippen LogP contribution in [0.25, 0.3) is 0 Å². The SMILES string of the molecule is CCOC(=O)c1ccccc1NC(=O)/C(C#N)=C\NCCc1ccccc1C. The highest BCUT2D eigenvalue weighted by atomic mass is 16.5. The van der Waals surface area contributed by atoms with E-state index < -0.39 is 11.9 Å². The fourth-order valence-electron chi connectivity index (χ4n) is 2.59. The normalized spacial score (nSPS) is 10.7. The molecule has 0 heterocycles. The Bertz CT molecular complexity index is 913. The zero-order valence-corrected chi connectivity index (χ0v) is 16.0. The summed E-state index contributed by atoms with van der Waals surface area (Å²) in [5.74, 6) is -1.13. The van der Waals surface area contributed by atoms with Crippen molar-refractivity contribution in [1.82, 2.24) is 5.32 Å². The Balaban J connectivity index is 2.00. The van der Waals surface area contributed by atoms with Gasteiger partial charge in [-0.05, 0) is 43.5 Å². The number of nitriles is 1. The first-order chi connectivity index (χ1) is 13.6. The van der Waals surface area contributed by atoms with Gasteiger partial charge in [-0.1, -0.05) is 36.4 Å². The number of amides is 1. The van der Waals surface area contributed by atoms with Gasteiger partial charge in [-0.2, -0.15) is 5.26 Å². The molecule has 2 N–H and O–H groups in total. The van der Waals surface area contributed by atoms with Crippen molar-refractivity contribution in [2.75, 3.05) is 18.5 Å². The minimum atomic E-state index is -0.595. The number of ether oxygens (including phenoxy) is 1. The second-order valence-electron chi connectivity index (χ2n) is 6.02. The molecular formula is C22H23N3O3. The van der Waals surface area contributed by atoms with Gasteiger partial charge in [0.05, 0.1) is 17.9 Å². The van der Waals surface area contributed by atoms with E-state index in [2.05, 4.69) is 10.6 Å². The molecule has 0 spiro atoms. The predicted molar refractivity (Wildman–Crippen MR) is 108 cm³/mol.